The van der Waals surface area contributed by atoms with Crippen molar-refractivity contribution in [3.63, 3.8) is 0 Å². The van der Waals surface area contributed by atoms with Crippen LogP contribution >= 0.6 is 0 Å². The minimum absolute atomic E-state index is 0.794. The van der Waals surface area contributed by atoms with Crippen molar-refractivity contribution < 1.29 is 0 Å². The van der Waals surface area contributed by atoms with Crippen molar-refractivity contribution in [3.05, 3.63) is 84.7 Å². The number of nitrogens with zero attached hydrogens (tertiary/aromatic N) is 4. The summed E-state index contributed by atoms with van der Waals surface area (Å²) in [5, 5.41) is 6.84. The number of aryl methyl sites for hydroxylation is 1. The van der Waals surface area contributed by atoms with Gasteiger partial charge in [-0.2, -0.15) is 5.10 Å². The lowest BCUT2D eigenvalue weighted by Gasteiger charge is -2.09. The lowest BCUT2D eigenvalue weighted by atomic mass is 10.1. The van der Waals surface area contributed by atoms with Gasteiger partial charge in [-0.05, 0) is 31.2 Å². The number of fused-ring (bicyclic) bond motifs is 3. The minimum Gasteiger partial charge on any atom is -0.254 e. The molecule has 0 aliphatic heterocycles. The van der Waals surface area contributed by atoms with Gasteiger partial charge in [0, 0.05) is 22.5 Å². The molecule has 0 fully saturated rings. The molecule has 0 saturated heterocycles. The number of hydrogen-bond acceptors (Lipinski definition) is 3. The van der Waals surface area contributed by atoms with Crippen LogP contribution in [-0.4, -0.2) is 19.7 Å². The molecule has 3 heterocycles. The Morgan fingerprint density at radius 3 is 2.38 bits per heavy atom. The number of hydrogen-bond donors (Lipinski definition) is 0. The van der Waals surface area contributed by atoms with E-state index in [-0.39, 0.29) is 0 Å². The molecule has 0 bridgehead atoms. The summed E-state index contributed by atoms with van der Waals surface area (Å²) in [4.78, 5) is 9.45. The summed E-state index contributed by atoms with van der Waals surface area (Å²) in [5.74, 6) is 0.794. The van der Waals surface area contributed by atoms with Crippen molar-refractivity contribution in [1.82, 2.24) is 19.7 Å². The summed E-state index contributed by atoms with van der Waals surface area (Å²) in [6, 6.07) is 24.6. The van der Waals surface area contributed by atoms with Gasteiger partial charge >= 0.3 is 0 Å². The predicted molar refractivity (Wildman–Crippen MR) is 104 cm³/mol. The first-order chi connectivity index (χ1) is 12.8. The maximum absolute atomic E-state index is 4.91. The van der Waals surface area contributed by atoms with Gasteiger partial charge in [-0.15, -0.1) is 0 Å². The molecule has 5 rings (SSSR count). The fourth-order valence-corrected chi connectivity index (χ4v) is 3.32. The molecule has 0 aliphatic carbocycles. The molecule has 0 aliphatic rings. The maximum Gasteiger partial charge on any atom is 0.154 e. The van der Waals surface area contributed by atoms with Crippen LogP contribution in [0.25, 0.3) is 38.9 Å². The summed E-state index contributed by atoms with van der Waals surface area (Å²) >= 11 is 0. The van der Waals surface area contributed by atoms with Crippen molar-refractivity contribution in [2.75, 3.05) is 0 Å². The fraction of sp³-hybridized carbons (Fsp3) is 0.0455. The Kier molecular flexibility index (Phi) is 3.28. The van der Waals surface area contributed by atoms with Crippen molar-refractivity contribution in [2.45, 2.75) is 6.92 Å². The van der Waals surface area contributed by atoms with Gasteiger partial charge in [0.25, 0.3) is 0 Å². The highest BCUT2D eigenvalue weighted by atomic mass is 15.3. The van der Waals surface area contributed by atoms with Gasteiger partial charge in [-0.3, -0.25) is 4.98 Å². The molecule has 4 nitrogen and oxygen atoms in total. The molecule has 0 amide bonds. The first kappa shape index (κ1) is 14.8. The van der Waals surface area contributed by atoms with Crippen LogP contribution in [0.4, 0.5) is 0 Å². The topological polar surface area (TPSA) is 43.6 Å². The third-order valence-corrected chi connectivity index (χ3v) is 4.54. The largest absolute Gasteiger partial charge is 0.254 e. The third-order valence-electron chi connectivity index (χ3n) is 4.54. The molecule has 0 saturated carbocycles. The van der Waals surface area contributed by atoms with E-state index in [2.05, 4.69) is 52.5 Å². The minimum atomic E-state index is 0.794. The standard InChI is InChI=1S/C22H16N4/c1-15-14-19(16-6-3-2-4-7-16)26(25-15)20-12-11-18-10-9-17-8-5-13-23-21(17)22(18)24-20/h2-14H,1H3. The van der Waals surface area contributed by atoms with E-state index in [4.69, 9.17) is 4.98 Å². The van der Waals surface area contributed by atoms with Crippen molar-refractivity contribution in [1.29, 1.82) is 0 Å². The van der Waals surface area contributed by atoms with E-state index >= 15 is 0 Å². The summed E-state index contributed by atoms with van der Waals surface area (Å²) in [7, 11) is 0. The number of benzene rings is 2. The second-order valence-corrected chi connectivity index (χ2v) is 6.33. The van der Waals surface area contributed by atoms with Gasteiger partial charge in [-0.25, -0.2) is 9.67 Å². The molecule has 0 radical (unpaired) electrons. The van der Waals surface area contributed by atoms with Gasteiger partial charge in [0.2, 0.25) is 0 Å². The molecular formula is C22H16N4. The fourth-order valence-electron chi connectivity index (χ4n) is 3.32. The second kappa shape index (κ2) is 5.77. The highest BCUT2D eigenvalue weighted by Gasteiger charge is 2.12. The van der Waals surface area contributed by atoms with Gasteiger partial charge < -0.3 is 0 Å². The molecular weight excluding hydrogens is 320 g/mol. The van der Waals surface area contributed by atoms with E-state index in [0.29, 0.717) is 0 Å². The van der Waals surface area contributed by atoms with Gasteiger partial charge in [0.05, 0.1) is 22.4 Å². The van der Waals surface area contributed by atoms with Crippen LogP contribution in [0.15, 0.2) is 79.0 Å². The quantitative estimate of drug-likeness (QED) is 0.429. The van der Waals surface area contributed by atoms with Crippen LogP contribution in [0.5, 0.6) is 0 Å². The van der Waals surface area contributed by atoms with Crippen molar-refractivity contribution in [2.24, 2.45) is 0 Å². The van der Waals surface area contributed by atoms with Gasteiger partial charge in [-0.1, -0.05) is 48.5 Å². The zero-order chi connectivity index (χ0) is 17.5. The average Bonchev–Trinajstić information content (AvgIpc) is 3.10. The Morgan fingerprint density at radius 1 is 0.769 bits per heavy atom. The van der Waals surface area contributed by atoms with Crippen molar-refractivity contribution in [3.8, 4) is 17.1 Å². The Balaban J connectivity index is 1.77. The highest BCUT2D eigenvalue weighted by molar-refractivity contribution is 6.02. The van der Waals surface area contributed by atoms with E-state index in [1.807, 2.05) is 48.1 Å². The van der Waals surface area contributed by atoms with E-state index in [1.54, 1.807) is 0 Å². The summed E-state index contributed by atoms with van der Waals surface area (Å²) < 4.78 is 1.91. The molecule has 0 unspecified atom stereocenters. The maximum atomic E-state index is 4.91. The molecule has 0 spiro atoms. The Bertz CT molecular complexity index is 1240. The van der Waals surface area contributed by atoms with E-state index in [1.165, 1.54) is 0 Å². The number of rotatable bonds is 2. The zero-order valence-corrected chi connectivity index (χ0v) is 14.3. The van der Waals surface area contributed by atoms with E-state index in [9.17, 15) is 0 Å². The molecule has 3 aromatic heterocycles. The average molecular weight is 336 g/mol. The SMILES string of the molecule is Cc1cc(-c2ccccc2)n(-c2ccc3ccc4cccnc4c3n2)n1. The number of pyridine rings is 2. The molecule has 4 heteroatoms. The monoisotopic (exact) mass is 336 g/mol. The first-order valence-corrected chi connectivity index (χ1v) is 8.56. The smallest absolute Gasteiger partial charge is 0.154 e. The molecule has 0 N–H and O–H groups in total. The number of aromatic nitrogens is 4. The third kappa shape index (κ3) is 2.35. The molecule has 0 atom stereocenters. The van der Waals surface area contributed by atoms with Gasteiger partial charge in [0.1, 0.15) is 0 Å². The highest BCUT2D eigenvalue weighted by Crippen LogP contribution is 2.26. The van der Waals surface area contributed by atoms with Crippen LogP contribution < -0.4 is 0 Å². The Hall–Kier alpha value is -3.53. The van der Waals surface area contributed by atoms with Crippen LogP contribution in [0.1, 0.15) is 5.69 Å². The lowest BCUT2D eigenvalue weighted by Crippen LogP contribution is -2.02. The van der Waals surface area contributed by atoms with Gasteiger partial charge in [0.15, 0.2) is 5.82 Å². The molecule has 5 aromatic rings. The first-order valence-electron chi connectivity index (χ1n) is 8.56. The molecule has 124 valence electrons. The molecule has 2 aromatic carbocycles. The van der Waals surface area contributed by atoms with Crippen LogP contribution in [0.3, 0.4) is 0 Å². The van der Waals surface area contributed by atoms with Crippen LogP contribution in [0, 0.1) is 6.92 Å². The second-order valence-electron chi connectivity index (χ2n) is 6.33. The normalized spacial score (nSPS) is 11.3. The van der Waals surface area contributed by atoms with Crippen LogP contribution in [-0.2, 0) is 0 Å². The lowest BCUT2D eigenvalue weighted by molar-refractivity contribution is 0.844. The molecule has 26 heavy (non-hydrogen) atoms. The van der Waals surface area contributed by atoms with Crippen molar-refractivity contribution >= 4 is 21.8 Å². The Labute approximate surface area is 150 Å². The summed E-state index contributed by atoms with van der Waals surface area (Å²) in [6.45, 7) is 2.00. The predicted octanol–water partition coefficient (Wildman–Crippen LogP) is 4.94. The van der Waals surface area contributed by atoms with E-state index < -0.39 is 0 Å². The summed E-state index contributed by atoms with van der Waals surface area (Å²) in [5.41, 5.74) is 4.92. The van der Waals surface area contributed by atoms with E-state index in [0.717, 1.165) is 44.6 Å². The zero-order valence-electron chi connectivity index (χ0n) is 14.3. The van der Waals surface area contributed by atoms with Crippen LogP contribution in [0.2, 0.25) is 0 Å². The summed E-state index contributed by atoms with van der Waals surface area (Å²) in [6.07, 6.45) is 1.81. The Morgan fingerprint density at radius 2 is 1.54 bits per heavy atom.